The second kappa shape index (κ2) is 10.9. The molecule has 0 spiro atoms. The van der Waals surface area contributed by atoms with Crippen molar-refractivity contribution in [1.29, 1.82) is 0 Å². The lowest BCUT2D eigenvalue weighted by atomic mass is 10.0. The molecular formula is C19H26F2IN3OS. The molecule has 2 aromatic rings. The number of hydrogen-bond donors (Lipinski definition) is 3. The predicted octanol–water partition coefficient (Wildman–Crippen LogP) is 4.21. The van der Waals surface area contributed by atoms with Crippen molar-refractivity contribution in [2.24, 2.45) is 4.99 Å². The molecule has 0 saturated heterocycles. The van der Waals surface area contributed by atoms with Crippen LogP contribution in [0.3, 0.4) is 0 Å². The van der Waals surface area contributed by atoms with E-state index in [1.165, 1.54) is 23.5 Å². The molecule has 0 aliphatic heterocycles. The van der Waals surface area contributed by atoms with Crippen molar-refractivity contribution in [2.75, 3.05) is 19.6 Å². The van der Waals surface area contributed by atoms with Gasteiger partial charge >= 0.3 is 0 Å². The number of aliphatic imine (C=N–C) groups is 1. The maximum atomic E-state index is 13.9. The maximum Gasteiger partial charge on any atom is 0.191 e. The molecule has 2 atom stereocenters. The van der Waals surface area contributed by atoms with E-state index < -0.39 is 17.2 Å². The van der Waals surface area contributed by atoms with E-state index in [-0.39, 0.29) is 36.4 Å². The highest BCUT2D eigenvalue weighted by Gasteiger charge is 2.24. The number of benzene rings is 1. The average molecular weight is 509 g/mol. The summed E-state index contributed by atoms with van der Waals surface area (Å²) < 4.78 is 26.9. The van der Waals surface area contributed by atoms with Gasteiger partial charge in [-0.2, -0.15) is 0 Å². The van der Waals surface area contributed by atoms with Gasteiger partial charge in [-0.25, -0.2) is 13.8 Å². The lowest BCUT2D eigenvalue weighted by molar-refractivity contribution is 0.0711. The molecule has 0 aliphatic rings. The number of nitrogens with zero attached hydrogens (tertiary/aromatic N) is 1. The monoisotopic (exact) mass is 509 g/mol. The molecule has 1 aromatic carbocycles. The predicted molar refractivity (Wildman–Crippen MR) is 118 cm³/mol. The van der Waals surface area contributed by atoms with Crippen molar-refractivity contribution in [2.45, 2.75) is 32.3 Å². The molecule has 2 unspecified atom stereocenters. The number of nitrogens with one attached hydrogen (secondary N) is 2. The van der Waals surface area contributed by atoms with E-state index in [2.05, 4.69) is 15.6 Å². The first-order chi connectivity index (χ1) is 12.3. The van der Waals surface area contributed by atoms with E-state index in [9.17, 15) is 13.9 Å². The molecule has 1 heterocycles. The maximum absolute atomic E-state index is 13.9. The Morgan fingerprint density at radius 3 is 2.63 bits per heavy atom. The fraction of sp³-hybridized carbons (Fsp3) is 0.421. The highest BCUT2D eigenvalue weighted by molar-refractivity contribution is 14.0. The fourth-order valence-electron chi connectivity index (χ4n) is 2.50. The van der Waals surface area contributed by atoms with Crippen LogP contribution in [0.4, 0.5) is 8.78 Å². The molecule has 150 valence electrons. The lowest BCUT2D eigenvalue weighted by Crippen LogP contribution is -2.40. The topological polar surface area (TPSA) is 56.7 Å². The highest BCUT2D eigenvalue weighted by Crippen LogP contribution is 2.25. The molecule has 0 amide bonds. The van der Waals surface area contributed by atoms with Gasteiger partial charge in [0, 0.05) is 30.0 Å². The van der Waals surface area contributed by atoms with Gasteiger partial charge in [0.05, 0.1) is 6.54 Å². The van der Waals surface area contributed by atoms with Crippen LogP contribution < -0.4 is 10.6 Å². The van der Waals surface area contributed by atoms with Crippen molar-refractivity contribution in [3.05, 3.63) is 57.8 Å². The van der Waals surface area contributed by atoms with E-state index in [1.807, 2.05) is 31.4 Å². The summed E-state index contributed by atoms with van der Waals surface area (Å²) in [4.78, 5) is 5.29. The Bertz CT molecular complexity index is 739. The average Bonchev–Trinajstić information content (AvgIpc) is 3.12. The number of rotatable bonds is 7. The number of aliphatic hydroxyl groups is 1. The van der Waals surface area contributed by atoms with Gasteiger partial charge in [0.2, 0.25) is 0 Å². The number of guanidine groups is 1. The zero-order valence-electron chi connectivity index (χ0n) is 15.6. The first-order valence-corrected chi connectivity index (χ1v) is 9.45. The zero-order chi connectivity index (χ0) is 19.2. The number of halogens is 3. The van der Waals surface area contributed by atoms with Gasteiger partial charge < -0.3 is 15.7 Å². The summed E-state index contributed by atoms with van der Waals surface area (Å²) in [6, 6.07) is 7.37. The molecule has 0 aliphatic carbocycles. The number of hydrogen-bond acceptors (Lipinski definition) is 3. The van der Waals surface area contributed by atoms with Crippen LogP contribution in [0.5, 0.6) is 0 Å². The third-order valence-electron chi connectivity index (χ3n) is 4.01. The van der Waals surface area contributed by atoms with Crippen molar-refractivity contribution in [3.8, 4) is 0 Å². The third-order valence-corrected chi connectivity index (χ3v) is 5.13. The summed E-state index contributed by atoms with van der Waals surface area (Å²) in [6.45, 7) is 6.80. The van der Waals surface area contributed by atoms with Crippen LogP contribution in [0.2, 0.25) is 0 Å². The Hall–Kier alpha value is -1.26. The second-order valence-corrected chi connectivity index (χ2v) is 7.34. The first-order valence-electron chi connectivity index (χ1n) is 8.57. The van der Waals surface area contributed by atoms with Crippen LogP contribution in [-0.4, -0.2) is 30.7 Å². The number of thiophene rings is 1. The van der Waals surface area contributed by atoms with Gasteiger partial charge in [-0.3, -0.25) is 0 Å². The van der Waals surface area contributed by atoms with Crippen LogP contribution >= 0.6 is 35.3 Å². The molecule has 0 saturated carbocycles. The normalized spacial score (nSPS) is 14.8. The van der Waals surface area contributed by atoms with E-state index in [0.717, 1.165) is 10.9 Å². The SMILES string of the molecule is CCNC(=NCC(C)(O)c1cccs1)NCC(C)c1ccc(F)cc1F.I. The van der Waals surface area contributed by atoms with E-state index >= 15 is 0 Å². The van der Waals surface area contributed by atoms with Crippen LogP contribution in [0.1, 0.15) is 37.1 Å². The van der Waals surface area contributed by atoms with Crippen molar-refractivity contribution >= 4 is 41.3 Å². The Balaban J connectivity index is 0.00000364. The van der Waals surface area contributed by atoms with Gasteiger partial charge in [0.25, 0.3) is 0 Å². The summed E-state index contributed by atoms with van der Waals surface area (Å²) in [6.07, 6.45) is 0. The standard InChI is InChI=1S/C19H25F2N3OS.HI/c1-4-22-18(24-12-19(3,25)17-6-5-9-26-17)23-11-13(2)15-8-7-14(20)10-16(15)21;/h5-10,13,25H,4,11-12H2,1-3H3,(H2,22,23,24);1H. The molecule has 0 fully saturated rings. The van der Waals surface area contributed by atoms with Crippen molar-refractivity contribution < 1.29 is 13.9 Å². The summed E-state index contributed by atoms with van der Waals surface area (Å²) in [5.41, 5.74) is -0.606. The summed E-state index contributed by atoms with van der Waals surface area (Å²) >= 11 is 1.48. The quantitative estimate of drug-likeness (QED) is 0.298. The molecule has 2 rings (SSSR count). The van der Waals surface area contributed by atoms with Gasteiger partial charge in [-0.05, 0) is 36.9 Å². The molecule has 8 heteroatoms. The van der Waals surface area contributed by atoms with Gasteiger partial charge in [0.15, 0.2) is 5.96 Å². The Kier molecular flexibility index (Phi) is 9.61. The van der Waals surface area contributed by atoms with Gasteiger partial charge in [-0.15, -0.1) is 35.3 Å². The molecule has 3 N–H and O–H groups in total. The third kappa shape index (κ3) is 7.00. The van der Waals surface area contributed by atoms with Crippen molar-refractivity contribution in [3.63, 3.8) is 0 Å². The summed E-state index contributed by atoms with van der Waals surface area (Å²) in [5.74, 6) is -0.769. The lowest BCUT2D eigenvalue weighted by Gasteiger charge is -2.21. The minimum atomic E-state index is -1.05. The van der Waals surface area contributed by atoms with Crippen molar-refractivity contribution in [1.82, 2.24) is 10.6 Å². The van der Waals surface area contributed by atoms with E-state index in [4.69, 9.17) is 0 Å². The summed E-state index contributed by atoms with van der Waals surface area (Å²) in [7, 11) is 0. The molecule has 4 nitrogen and oxygen atoms in total. The Labute approximate surface area is 180 Å². The first kappa shape index (κ1) is 23.8. The molecule has 1 aromatic heterocycles. The minimum Gasteiger partial charge on any atom is -0.383 e. The van der Waals surface area contributed by atoms with E-state index in [0.29, 0.717) is 24.6 Å². The Morgan fingerprint density at radius 1 is 1.30 bits per heavy atom. The van der Waals surface area contributed by atoms with Crippen LogP contribution in [0.25, 0.3) is 0 Å². The van der Waals surface area contributed by atoms with Crippen LogP contribution in [0.15, 0.2) is 40.7 Å². The molecule has 0 radical (unpaired) electrons. The Morgan fingerprint density at radius 2 is 2.04 bits per heavy atom. The second-order valence-electron chi connectivity index (χ2n) is 6.39. The highest BCUT2D eigenvalue weighted by atomic mass is 127. The summed E-state index contributed by atoms with van der Waals surface area (Å²) in [5, 5.41) is 18.7. The molecular weight excluding hydrogens is 483 g/mol. The zero-order valence-corrected chi connectivity index (χ0v) is 18.8. The molecule has 0 bridgehead atoms. The minimum absolute atomic E-state index is 0. The van der Waals surface area contributed by atoms with Gasteiger partial charge in [0.1, 0.15) is 17.2 Å². The van der Waals surface area contributed by atoms with E-state index in [1.54, 1.807) is 6.92 Å². The fourth-order valence-corrected chi connectivity index (χ4v) is 3.28. The van der Waals surface area contributed by atoms with Gasteiger partial charge in [-0.1, -0.05) is 19.1 Å². The van der Waals surface area contributed by atoms with Crippen LogP contribution in [0, 0.1) is 11.6 Å². The van der Waals surface area contributed by atoms with Crippen LogP contribution in [-0.2, 0) is 5.60 Å². The largest absolute Gasteiger partial charge is 0.383 e. The molecule has 27 heavy (non-hydrogen) atoms. The smallest absolute Gasteiger partial charge is 0.191 e.